The zero-order valence-electron chi connectivity index (χ0n) is 16.9. The van der Waals surface area contributed by atoms with Crippen molar-refractivity contribution in [3.8, 4) is 0 Å². The molecule has 0 bridgehead atoms. The lowest BCUT2D eigenvalue weighted by Crippen LogP contribution is -2.49. The highest BCUT2D eigenvalue weighted by Gasteiger charge is 2.35. The Kier molecular flexibility index (Phi) is 6.14. The number of hydrogen-bond acceptors (Lipinski definition) is 3. The lowest BCUT2D eigenvalue weighted by Gasteiger charge is -2.25. The Labute approximate surface area is 171 Å². The van der Waals surface area contributed by atoms with E-state index in [1.807, 2.05) is 23.1 Å². The summed E-state index contributed by atoms with van der Waals surface area (Å²) in [6.45, 7) is 9.11. The summed E-state index contributed by atoms with van der Waals surface area (Å²) in [5, 5.41) is 15.9. The number of carbonyl (C=O) groups excluding carboxylic acids is 1. The van der Waals surface area contributed by atoms with Crippen molar-refractivity contribution in [1.82, 2.24) is 5.32 Å². The van der Waals surface area contributed by atoms with Crippen LogP contribution in [0.5, 0.6) is 0 Å². The number of nitrogens with zero attached hydrogens (tertiary/aromatic N) is 2. The van der Waals surface area contributed by atoms with E-state index in [0.29, 0.717) is 17.4 Å². The van der Waals surface area contributed by atoms with Gasteiger partial charge >= 0.3 is 0 Å². The quantitative estimate of drug-likeness (QED) is 0.589. The minimum absolute atomic E-state index is 0.0793. The summed E-state index contributed by atoms with van der Waals surface area (Å²) in [4.78, 5) is 15.3. The first-order valence-electron chi connectivity index (χ1n) is 9.88. The predicted octanol–water partition coefficient (Wildman–Crippen LogP) is 4.58. The molecule has 3 rings (SSSR count). The van der Waals surface area contributed by atoms with Crippen LogP contribution in [0.15, 0.2) is 36.5 Å². The molecule has 0 spiro atoms. The highest BCUT2D eigenvalue weighted by atomic mass is 35.5. The normalized spacial score (nSPS) is 16.8. The molecular formula is C22H28ClN3O2. The number of halogens is 1. The average molecular weight is 402 g/mol. The third-order valence-electron chi connectivity index (χ3n) is 5.31. The molecule has 6 heteroatoms. The van der Waals surface area contributed by atoms with Gasteiger partial charge in [-0.1, -0.05) is 57.5 Å². The monoisotopic (exact) mass is 401 g/mol. The van der Waals surface area contributed by atoms with Crippen molar-refractivity contribution in [3.05, 3.63) is 63.4 Å². The molecule has 150 valence electrons. The van der Waals surface area contributed by atoms with Gasteiger partial charge in [-0.3, -0.25) is 4.79 Å². The highest BCUT2D eigenvalue weighted by molar-refractivity contribution is 6.30. The molecule has 0 saturated carbocycles. The molecule has 1 aromatic heterocycles. The fourth-order valence-corrected chi connectivity index (χ4v) is 4.04. The van der Waals surface area contributed by atoms with Gasteiger partial charge in [0.25, 0.3) is 11.7 Å². The number of benzene rings is 1. The molecule has 1 atom stereocenters. The molecule has 1 saturated heterocycles. The number of nitrogens with one attached hydrogen (secondary N) is 1. The molecule has 2 heterocycles. The molecule has 0 radical (unpaired) electrons. The first-order valence-corrected chi connectivity index (χ1v) is 10.3. The number of anilines is 1. The van der Waals surface area contributed by atoms with Crippen LogP contribution in [-0.2, 0) is 0 Å². The molecule has 1 N–H and O–H groups in total. The van der Waals surface area contributed by atoms with Crippen LogP contribution >= 0.6 is 11.6 Å². The third-order valence-corrected chi connectivity index (χ3v) is 5.54. The smallest absolute Gasteiger partial charge is 0.282 e. The van der Waals surface area contributed by atoms with Gasteiger partial charge in [0.15, 0.2) is 6.17 Å². The maximum absolute atomic E-state index is 13.3. The summed E-state index contributed by atoms with van der Waals surface area (Å²) < 4.78 is 0.804. The van der Waals surface area contributed by atoms with E-state index >= 15 is 0 Å². The van der Waals surface area contributed by atoms with Gasteiger partial charge in [-0.2, -0.15) is 0 Å². The fraction of sp³-hybridized carbons (Fsp3) is 0.455. The van der Waals surface area contributed by atoms with E-state index < -0.39 is 0 Å². The van der Waals surface area contributed by atoms with Gasteiger partial charge in [0, 0.05) is 18.1 Å². The summed E-state index contributed by atoms with van der Waals surface area (Å²) in [6.07, 6.45) is 2.87. The van der Waals surface area contributed by atoms with Gasteiger partial charge in [0.2, 0.25) is 0 Å². The van der Waals surface area contributed by atoms with Crippen molar-refractivity contribution in [1.29, 1.82) is 0 Å². The SMILES string of the molecule is CC(C)c1cccc(C(C)C)c1C(=O)NC1CCCN1c1cc(Cl)cc[n+]1[O-]. The molecule has 1 aliphatic rings. The van der Waals surface area contributed by atoms with Crippen LogP contribution in [0.4, 0.5) is 5.82 Å². The van der Waals surface area contributed by atoms with Gasteiger partial charge in [-0.25, -0.2) is 9.63 Å². The molecule has 1 amide bonds. The Hall–Kier alpha value is -2.27. The van der Waals surface area contributed by atoms with Crippen LogP contribution in [0.1, 0.15) is 73.9 Å². The number of pyridine rings is 1. The Morgan fingerprint density at radius 2 is 1.86 bits per heavy atom. The largest absolute Gasteiger partial charge is 0.711 e. The van der Waals surface area contributed by atoms with Crippen molar-refractivity contribution < 1.29 is 9.52 Å². The molecule has 1 aliphatic heterocycles. The second-order valence-electron chi connectivity index (χ2n) is 7.97. The second kappa shape index (κ2) is 8.39. The van der Waals surface area contributed by atoms with Crippen LogP contribution in [-0.4, -0.2) is 18.6 Å². The van der Waals surface area contributed by atoms with Crippen LogP contribution in [0.3, 0.4) is 0 Å². The van der Waals surface area contributed by atoms with Crippen molar-refractivity contribution in [2.75, 3.05) is 11.4 Å². The van der Waals surface area contributed by atoms with E-state index in [4.69, 9.17) is 11.6 Å². The summed E-state index contributed by atoms with van der Waals surface area (Å²) in [5.41, 5.74) is 2.87. The molecular weight excluding hydrogens is 374 g/mol. The predicted molar refractivity (Wildman–Crippen MR) is 113 cm³/mol. The standard InChI is InChI=1S/C22H28ClN3O2/c1-14(2)17-7-5-8-18(15(3)4)21(17)22(27)24-19-9-6-11-25(19)20-13-16(23)10-12-26(20)28/h5,7-8,10,12-15,19H,6,9,11H2,1-4H3,(H,24,27). The maximum atomic E-state index is 13.3. The van der Waals surface area contributed by atoms with Crippen molar-refractivity contribution in [2.24, 2.45) is 0 Å². The van der Waals surface area contributed by atoms with E-state index in [9.17, 15) is 10.0 Å². The zero-order chi connectivity index (χ0) is 20.4. The summed E-state index contributed by atoms with van der Waals surface area (Å²) in [6, 6.07) is 9.30. The van der Waals surface area contributed by atoms with Crippen molar-refractivity contribution in [2.45, 2.75) is 58.5 Å². The lowest BCUT2D eigenvalue weighted by atomic mass is 9.88. The lowest BCUT2D eigenvalue weighted by molar-refractivity contribution is -0.592. The van der Waals surface area contributed by atoms with Gasteiger partial charge in [-0.15, -0.1) is 0 Å². The van der Waals surface area contributed by atoms with E-state index in [0.717, 1.165) is 34.3 Å². The van der Waals surface area contributed by atoms with Crippen LogP contribution in [0.25, 0.3) is 0 Å². The second-order valence-corrected chi connectivity index (χ2v) is 8.41. The van der Waals surface area contributed by atoms with Crippen molar-refractivity contribution >= 4 is 23.3 Å². The Morgan fingerprint density at radius 1 is 1.21 bits per heavy atom. The van der Waals surface area contributed by atoms with Crippen LogP contribution < -0.4 is 14.9 Å². The summed E-state index contributed by atoms with van der Waals surface area (Å²) >= 11 is 6.09. The molecule has 2 aromatic rings. The molecule has 0 aliphatic carbocycles. The first-order chi connectivity index (χ1) is 13.3. The number of amides is 1. The zero-order valence-corrected chi connectivity index (χ0v) is 17.7. The highest BCUT2D eigenvalue weighted by Crippen LogP contribution is 2.29. The van der Waals surface area contributed by atoms with E-state index in [1.54, 1.807) is 12.1 Å². The molecule has 28 heavy (non-hydrogen) atoms. The van der Waals surface area contributed by atoms with Gasteiger partial charge in [0.1, 0.15) is 0 Å². The van der Waals surface area contributed by atoms with Crippen LogP contribution in [0.2, 0.25) is 5.02 Å². The molecule has 1 unspecified atom stereocenters. The van der Waals surface area contributed by atoms with E-state index in [-0.39, 0.29) is 23.9 Å². The van der Waals surface area contributed by atoms with Gasteiger partial charge in [0.05, 0.1) is 17.8 Å². The summed E-state index contributed by atoms with van der Waals surface area (Å²) in [5.74, 6) is 0.882. The number of aromatic nitrogens is 1. The van der Waals surface area contributed by atoms with Crippen LogP contribution in [0, 0.1) is 5.21 Å². The maximum Gasteiger partial charge on any atom is 0.282 e. The molecule has 1 aromatic carbocycles. The number of hydrogen-bond donors (Lipinski definition) is 1. The minimum atomic E-state index is -0.230. The van der Waals surface area contributed by atoms with Gasteiger partial charge in [-0.05, 0) is 35.4 Å². The first kappa shape index (κ1) is 20.5. The third kappa shape index (κ3) is 4.09. The van der Waals surface area contributed by atoms with Gasteiger partial charge < -0.3 is 10.5 Å². The topological polar surface area (TPSA) is 59.3 Å². The summed E-state index contributed by atoms with van der Waals surface area (Å²) in [7, 11) is 0. The van der Waals surface area contributed by atoms with Crippen molar-refractivity contribution in [3.63, 3.8) is 0 Å². The number of carbonyl (C=O) groups is 1. The Bertz CT molecular complexity index is 841. The van der Waals surface area contributed by atoms with E-state index in [2.05, 4.69) is 33.0 Å². The Morgan fingerprint density at radius 3 is 2.46 bits per heavy atom. The fourth-order valence-electron chi connectivity index (χ4n) is 3.89. The molecule has 5 nitrogen and oxygen atoms in total. The van der Waals surface area contributed by atoms with E-state index in [1.165, 1.54) is 6.20 Å². The Balaban J connectivity index is 1.92. The average Bonchev–Trinajstić information content (AvgIpc) is 3.10. The number of rotatable bonds is 5. The molecule has 1 fully saturated rings. The minimum Gasteiger partial charge on any atom is -0.711 e.